The number of nitrogens with zero attached hydrogens (tertiary/aromatic N) is 5. The average molecular weight is 331 g/mol. The first kappa shape index (κ1) is 14.5. The highest BCUT2D eigenvalue weighted by Gasteiger charge is 2.26. The van der Waals surface area contributed by atoms with E-state index in [2.05, 4.69) is 35.1 Å². The number of hydrogen-bond donors (Lipinski definition) is 2. The van der Waals surface area contributed by atoms with E-state index in [1.54, 1.807) is 17.7 Å². The van der Waals surface area contributed by atoms with E-state index in [1.807, 2.05) is 18.6 Å². The number of morpholine rings is 1. The number of anilines is 1. The van der Waals surface area contributed by atoms with E-state index in [0.717, 1.165) is 36.0 Å². The van der Waals surface area contributed by atoms with Gasteiger partial charge in [0, 0.05) is 31.7 Å². The topological polar surface area (TPSA) is 91.8 Å². The lowest BCUT2D eigenvalue weighted by Gasteiger charge is -2.31. The lowest BCUT2D eigenvalue weighted by Crippen LogP contribution is -2.38. The molecular weight excluding hydrogens is 314 g/mol. The van der Waals surface area contributed by atoms with Gasteiger partial charge in [-0.05, 0) is 0 Å². The lowest BCUT2D eigenvalue weighted by atomic mass is 10.2. The number of nitrogens with one attached hydrogen (secondary N) is 2. The largest absolute Gasteiger partial charge is 0.371 e. The summed E-state index contributed by atoms with van der Waals surface area (Å²) in [6.07, 6.45) is 3.31. The number of ether oxygens (including phenoxy) is 1. The van der Waals surface area contributed by atoms with Gasteiger partial charge in [-0.2, -0.15) is 0 Å². The standard InChI is InChI=1S/C14H17N7OS/c1-15-13-11-14(18-8-17-11)20-12(19-13)9-6-21(3-4-22-9)7-10-16-2-5-23-10/h2,5,8-9H,3-4,6-7H2,1H3,(H2,15,17,18,19,20). The molecule has 0 radical (unpaired) electrons. The molecule has 0 bridgehead atoms. The minimum atomic E-state index is -0.156. The van der Waals surface area contributed by atoms with Crippen LogP contribution in [0.4, 0.5) is 5.82 Å². The van der Waals surface area contributed by atoms with Crippen molar-refractivity contribution in [3.63, 3.8) is 0 Å². The summed E-state index contributed by atoms with van der Waals surface area (Å²) in [6, 6.07) is 0. The zero-order valence-corrected chi connectivity index (χ0v) is 13.5. The molecule has 0 aromatic carbocycles. The Morgan fingerprint density at radius 1 is 1.43 bits per heavy atom. The Labute approximate surface area is 137 Å². The molecule has 4 heterocycles. The smallest absolute Gasteiger partial charge is 0.183 e. The number of rotatable bonds is 4. The number of H-pyrrole nitrogens is 1. The molecule has 1 aliphatic heterocycles. The van der Waals surface area contributed by atoms with Gasteiger partial charge >= 0.3 is 0 Å². The first-order valence-corrected chi connectivity index (χ1v) is 8.32. The summed E-state index contributed by atoms with van der Waals surface area (Å²) < 4.78 is 5.89. The Morgan fingerprint density at radius 3 is 3.22 bits per heavy atom. The molecule has 0 amide bonds. The fourth-order valence-corrected chi connectivity index (χ4v) is 3.36. The molecule has 0 aliphatic carbocycles. The van der Waals surface area contributed by atoms with Crippen LogP contribution in [0.25, 0.3) is 11.2 Å². The fourth-order valence-electron chi connectivity index (χ4n) is 2.70. The number of aromatic amines is 1. The van der Waals surface area contributed by atoms with Gasteiger partial charge in [0.15, 0.2) is 17.3 Å². The first-order valence-electron chi connectivity index (χ1n) is 7.44. The second-order valence-electron chi connectivity index (χ2n) is 5.30. The van der Waals surface area contributed by atoms with Crippen LogP contribution in [-0.2, 0) is 11.3 Å². The molecule has 1 fully saturated rings. The van der Waals surface area contributed by atoms with E-state index in [0.29, 0.717) is 18.1 Å². The van der Waals surface area contributed by atoms with Gasteiger partial charge in [0.25, 0.3) is 0 Å². The fraction of sp³-hybridized carbons (Fsp3) is 0.429. The molecule has 0 saturated carbocycles. The van der Waals surface area contributed by atoms with Crippen LogP contribution in [0.1, 0.15) is 16.9 Å². The van der Waals surface area contributed by atoms with Gasteiger partial charge in [0.2, 0.25) is 0 Å². The van der Waals surface area contributed by atoms with E-state index in [-0.39, 0.29) is 6.10 Å². The molecule has 9 heteroatoms. The maximum absolute atomic E-state index is 5.89. The van der Waals surface area contributed by atoms with Crippen molar-refractivity contribution in [3.05, 3.63) is 28.7 Å². The Bertz CT molecular complexity index is 788. The van der Waals surface area contributed by atoms with Crippen molar-refractivity contribution in [1.82, 2.24) is 29.8 Å². The quantitative estimate of drug-likeness (QED) is 0.747. The predicted octanol–water partition coefficient (Wildman–Crippen LogP) is 1.42. The van der Waals surface area contributed by atoms with E-state index in [9.17, 15) is 0 Å². The number of thiazole rings is 1. The summed E-state index contributed by atoms with van der Waals surface area (Å²) in [5.41, 5.74) is 1.46. The van der Waals surface area contributed by atoms with Crippen LogP contribution in [0.2, 0.25) is 0 Å². The molecule has 4 rings (SSSR count). The van der Waals surface area contributed by atoms with E-state index >= 15 is 0 Å². The molecule has 0 spiro atoms. The Kier molecular flexibility index (Phi) is 3.90. The molecule has 3 aromatic heterocycles. The Morgan fingerprint density at radius 2 is 2.39 bits per heavy atom. The van der Waals surface area contributed by atoms with Crippen molar-refractivity contribution in [3.8, 4) is 0 Å². The van der Waals surface area contributed by atoms with E-state index in [4.69, 9.17) is 4.74 Å². The third-order valence-electron chi connectivity index (χ3n) is 3.82. The van der Waals surface area contributed by atoms with Crippen molar-refractivity contribution in [2.24, 2.45) is 0 Å². The lowest BCUT2D eigenvalue weighted by molar-refractivity contribution is -0.0370. The minimum absolute atomic E-state index is 0.156. The molecule has 1 unspecified atom stereocenters. The van der Waals surface area contributed by atoms with Crippen LogP contribution in [0, 0.1) is 0 Å². The van der Waals surface area contributed by atoms with Gasteiger partial charge in [-0.3, -0.25) is 4.90 Å². The van der Waals surface area contributed by atoms with Crippen molar-refractivity contribution in [1.29, 1.82) is 0 Å². The molecule has 2 N–H and O–H groups in total. The maximum Gasteiger partial charge on any atom is 0.183 e. The molecule has 1 atom stereocenters. The molecule has 1 saturated heterocycles. The van der Waals surface area contributed by atoms with Crippen LogP contribution in [0.5, 0.6) is 0 Å². The Balaban J connectivity index is 1.57. The molecule has 8 nitrogen and oxygen atoms in total. The predicted molar refractivity (Wildman–Crippen MR) is 87.3 cm³/mol. The minimum Gasteiger partial charge on any atom is -0.371 e. The van der Waals surface area contributed by atoms with E-state index < -0.39 is 0 Å². The first-order chi connectivity index (χ1) is 11.3. The number of fused-ring (bicyclic) bond motifs is 1. The highest BCUT2D eigenvalue weighted by molar-refractivity contribution is 7.09. The van der Waals surface area contributed by atoms with E-state index in [1.165, 1.54) is 0 Å². The molecule has 3 aromatic rings. The van der Waals surface area contributed by atoms with Crippen LogP contribution in [0.15, 0.2) is 17.9 Å². The van der Waals surface area contributed by atoms with Gasteiger partial charge in [0.05, 0.1) is 19.5 Å². The van der Waals surface area contributed by atoms with Gasteiger partial charge < -0.3 is 15.0 Å². The van der Waals surface area contributed by atoms with Crippen LogP contribution >= 0.6 is 11.3 Å². The van der Waals surface area contributed by atoms with Gasteiger partial charge in [-0.25, -0.2) is 19.9 Å². The summed E-state index contributed by atoms with van der Waals surface area (Å²) in [7, 11) is 1.84. The van der Waals surface area contributed by atoms with Crippen molar-refractivity contribution in [2.75, 3.05) is 32.1 Å². The van der Waals surface area contributed by atoms with Crippen molar-refractivity contribution >= 4 is 28.3 Å². The van der Waals surface area contributed by atoms with Gasteiger partial charge in [-0.15, -0.1) is 11.3 Å². The molecular formula is C14H17N7OS. The second-order valence-corrected chi connectivity index (χ2v) is 6.28. The van der Waals surface area contributed by atoms with Crippen molar-refractivity contribution < 1.29 is 4.74 Å². The zero-order valence-electron chi connectivity index (χ0n) is 12.7. The number of imidazole rings is 1. The summed E-state index contributed by atoms with van der Waals surface area (Å²) in [5, 5.41) is 6.20. The van der Waals surface area contributed by atoms with Gasteiger partial charge in [0.1, 0.15) is 16.6 Å². The summed E-state index contributed by atoms with van der Waals surface area (Å²) in [4.78, 5) is 23.1. The summed E-state index contributed by atoms with van der Waals surface area (Å²) in [6.45, 7) is 3.13. The highest BCUT2D eigenvalue weighted by atomic mass is 32.1. The molecule has 23 heavy (non-hydrogen) atoms. The van der Waals surface area contributed by atoms with Crippen LogP contribution < -0.4 is 5.32 Å². The van der Waals surface area contributed by atoms with Gasteiger partial charge in [-0.1, -0.05) is 0 Å². The van der Waals surface area contributed by atoms with Crippen molar-refractivity contribution in [2.45, 2.75) is 12.6 Å². The summed E-state index contributed by atoms with van der Waals surface area (Å²) in [5.74, 6) is 1.40. The molecule has 120 valence electrons. The third-order valence-corrected chi connectivity index (χ3v) is 4.59. The number of aromatic nitrogens is 5. The maximum atomic E-state index is 5.89. The SMILES string of the molecule is CNc1nc(C2CN(Cc3nccs3)CCO2)nc2nc[nH]c12. The monoisotopic (exact) mass is 331 g/mol. The zero-order chi connectivity index (χ0) is 15.6. The molecule has 1 aliphatic rings. The summed E-state index contributed by atoms with van der Waals surface area (Å²) >= 11 is 1.67. The van der Waals surface area contributed by atoms with Crippen LogP contribution in [-0.4, -0.2) is 56.6 Å². The number of hydrogen-bond acceptors (Lipinski definition) is 8. The average Bonchev–Trinajstić information content (AvgIpc) is 3.25. The Hall–Kier alpha value is -2.10. The highest BCUT2D eigenvalue weighted by Crippen LogP contribution is 2.24. The third kappa shape index (κ3) is 2.90. The van der Waals surface area contributed by atoms with Crippen LogP contribution in [0.3, 0.4) is 0 Å². The normalized spacial score (nSPS) is 19.3. The second kappa shape index (κ2) is 6.19.